The number of amides is 1. The van der Waals surface area contributed by atoms with Gasteiger partial charge in [0.1, 0.15) is 11.6 Å². The summed E-state index contributed by atoms with van der Waals surface area (Å²) in [5.41, 5.74) is -0.621. The molecule has 0 heterocycles. The van der Waals surface area contributed by atoms with E-state index in [0.29, 0.717) is 6.42 Å². The van der Waals surface area contributed by atoms with Crippen molar-refractivity contribution >= 4 is 12.1 Å². The zero-order valence-electron chi connectivity index (χ0n) is 11.5. The molecule has 0 radical (unpaired) electrons. The summed E-state index contributed by atoms with van der Waals surface area (Å²) >= 11 is 0. The molecule has 0 bridgehead atoms. The number of aliphatic carboxylic acids is 1. The fourth-order valence-corrected chi connectivity index (χ4v) is 1.46. The smallest absolute Gasteiger partial charge is 0.410 e. The van der Waals surface area contributed by atoms with Crippen molar-refractivity contribution in [1.29, 1.82) is 0 Å². The molecule has 0 saturated carbocycles. The van der Waals surface area contributed by atoms with Gasteiger partial charge in [0.15, 0.2) is 0 Å². The fourth-order valence-electron chi connectivity index (χ4n) is 1.46. The average Bonchev–Trinajstić information content (AvgIpc) is 2.14. The van der Waals surface area contributed by atoms with Crippen LogP contribution in [0.4, 0.5) is 4.79 Å². The molecule has 5 nitrogen and oxygen atoms in total. The Kier molecular flexibility index (Phi) is 5.45. The van der Waals surface area contributed by atoms with Crippen LogP contribution >= 0.6 is 0 Å². The fraction of sp³-hybridized carbons (Fsp3) is 0.833. The Labute approximate surface area is 103 Å². The molecule has 17 heavy (non-hydrogen) atoms. The second-order valence-electron chi connectivity index (χ2n) is 5.26. The third-order valence-corrected chi connectivity index (χ3v) is 2.53. The summed E-state index contributed by atoms with van der Waals surface area (Å²) in [5, 5.41) is 9.14. The molecule has 0 spiro atoms. The molecule has 0 rings (SSSR count). The molecule has 0 unspecified atom stereocenters. The van der Waals surface area contributed by atoms with Gasteiger partial charge in [-0.25, -0.2) is 9.59 Å². The van der Waals surface area contributed by atoms with Gasteiger partial charge in [0, 0.05) is 7.05 Å². The predicted molar refractivity (Wildman–Crippen MR) is 64.9 cm³/mol. The first-order valence-corrected chi connectivity index (χ1v) is 5.78. The maximum atomic E-state index is 11.8. The summed E-state index contributed by atoms with van der Waals surface area (Å²) in [4.78, 5) is 24.1. The van der Waals surface area contributed by atoms with E-state index < -0.39 is 23.7 Å². The third kappa shape index (κ3) is 5.06. The van der Waals surface area contributed by atoms with Crippen molar-refractivity contribution < 1.29 is 19.4 Å². The lowest BCUT2D eigenvalue weighted by atomic mass is 9.98. The molecule has 0 fully saturated rings. The highest BCUT2D eigenvalue weighted by molar-refractivity contribution is 5.80. The maximum Gasteiger partial charge on any atom is 0.410 e. The predicted octanol–water partition coefficient (Wildman–Crippen LogP) is 2.35. The van der Waals surface area contributed by atoms with Gasteiger partial charge in [0.2, 0.25) is 0 Å². The summed E-state index contributed by atoms with van der Waals surface area (Å²) in [5.74, 6) is -1.13. The van der Waals surface area contributed by atoms with Crippen LogP contribution in [-0.2, 0) is 9.53 Å². The van der Waals surface area contributed by atoms with Crippen molar-refractivity contribution in [3.8, 4) is 0 Å². The molecule has 0 saturated heterocycles. The van der Waals surface area contributed by atoms with E-state index in [1.54, 1.807) is 27.7 Å². The van der Waals surface area contributed by atoms with Crippen molar-refractivity contribution in [2.75, 3.05) is 7.05 Å². The standard InChI is InChI=1S/C12H23NO4/c1-7-8(2)9(10(14)15)13(6)11(16)17-12(3,4)5/h8-9H,7H2,1-6H3,(H,14,15)/t8-,9+/m1/s1. The first-order chi connectivity index (χ1) is 7.60. The van der Waals surface area contributed by atoms with Crippen LogP contribution in [0.3, 0.4) is 0 Å². The van der Waals surface area contributed by atoms with Crippen molar-refractivity contribution in [3.05, 3.63) is 0 Å². The Morgan fingerprint density at radius 2 is 1.82 bits per heavy atom. The molecular weight excluding hydrogens is 222 g/mol. The van der Waals surface area contributed by atoms with E-state index in [2.05, 4.69) is 0 Å². The van der Waals surface area contributed by atoms with E-state index in [0.717, 1.165) is 4.90 Å². The molecule has 0 aliphatic heterocycles. The summed E-state index contributed by atoms with van der Waals surface area (Å²) in [6, 6.07) is -0.852. The number of nitrogens with zero attached hydrogens (tertiary/aromatic N) is 1. The molecule has 0 aliphatic carbocycles. The quantitative estimate of drug-likeness (QED) is 0.825. The number of hydrogen-bond donors (Lipinski definition) is 1. The van der Waals surface area contributed by atoms with Crippen molar-refractivity contribution in [2.45, 2.75) is 52.7 Å². The lowest BCUT2D eigenvalue weighted by Crippen LogP contribution is -2.48. The van der Waals surface area contributed by atoms with Crippen LogP contribution in [-0.4, -0.2) is 40.8 Å². The van der Waals surface area contributed by atoms with E-state index in [1.807, 2.05) is 6.92 Å². The van der Waals surface area contributed by atoms with Gasteiger partial charge >= 0.3 is 12.1 Å². The zero-order chi connectivity index (χ0) is 13.8. The highest BCUT2D eigenvalue weighted by atomic mass is 16.6. The van der Waals surface area contributed by atoms with Gasteiger partial charge in [0.05, 0.1) is 0 Å². The van der Waals surface area contributed by atoms with Crippen LogP contribution in [0.2, 0.25) is 0 Å². The molecule has 0 aliphatic rings. The molecule has 0 aromatic rings. The molecule has 0 aromatic carbocycles. The summed E-state index contributed by atoms with van der Waals surface area (Å²) in [6.45, 7) is 8.94. The first kappa shape index (κ1) is 15.7. The molecular formula is C12H23NO4. The Morgan fingerprint density at radius 3 is 2.12 bits per heavy atom. The Bertz CT molecular complexity index is 283. The molecule has 2 atom stereocenters. The summed E-state index contributed by atoms with van der Waals surface area (Å²) in [7, 11) is 1.46. The normalized spacial score (nSPS) is 14.9. The number of carboxylic acid groups (broad SMARTS) is 1. The van der Waals surface area contributed by atoms with Crippen molar-refractivity contribution in [2.24, 2.45) is 5.92 Å². The van der Waals surface area contributed by atoms with Gasteiger partial charge in [0.25, 0.3) is 0 Å². The van der Waals surface area contributed by atoms with Gasteiger partial charge in [-0.05, 0) is 26.7 Å². The third-order valence-electron chi connectivity index (χ3n) is 2.53. The van der Waals surface area contributed by atoms with E-state index in [9.17, 15) is 9.59 Å². The number of carboxylic acids is 1. The lowest BCUT2D eigenvalue weighted by Gasteiger charge is -2.31. The minimum absolute atomic E-state index is 0.120. The van der Waals surface area contributed by atoms with Crippen LogP contribution < -0.4 is 0 Å². The number of rotatable bonds is 4. The number of likely N-dealkylation sites (N-methyl/N-ethyl adjacent to an activating group) is 1. The van der Waals surface area contributed by atoms with Crippen LogP contribution in [0.1, 0.15) is 41.0 Å². The molecule has 0 aromatic heterocycles. The van der Waals surface area contributed by atoms with Crippen LogP contribution in [0.15, 0.2) is 0 Å². The van der Waals surface area contributed by atoms with Crippen LogP contribution in [0.25, 0.3) is 0 Å². The molecule has 5 heteroatoms. The Balaban J connectivity index is 4.79. The van der Waals surface area contributed by atoms with Gasteiger partial charge in [-0.15, -0.1) is 0 Å². The van der Waals surface area contributed by atoms with Gasteiger partial charge in [-0.3, -0.25) is 4.90 Å². The van der Waals surface area contributed by atoms with Crippen molar-refractivity contribution in [3.63, 3.8) is 0 Å². The second kappa shape index (κ2) is 5.89. The van der Waals surface area contributed by atoms with Gasteiger partial charge in [-0.2, -0.15) is 0 Å². The Morgan fingerprint density at radius 1 is 1.35 bits per heavy atom. The monoisotopic (exact) mass is 245 g/mol. The van der Waals surface area contributed by atoms with E-state index in [-0.39, 0.29) is 5.92 Å². The van der Waals surface area contributed by atoms with E-state index in [1.165, 1.54) is 7.05 Å². The summed E-state index contributed by atoms with van der Waals surface area (Å²) in [6.07, 6.45) is 0.0783. The topological polar surface area (TPSA) is 66.8 Å². The minimum atomic E-state index is -1.01. The molecule has 1 amide bonds. The highest BCUT2D eigenvalue weighted by Crippen LogP contribution is 2.17. The van der Waals surface area contributed by atoms with Gasteiger partial charge in [-0.1, -0.05) is 20.3 Å². The molecule has 100 valence electrons. The first-order valence-electron chi connectivity index (χ1n) is 5.78. The van der Waals surface area contributed by atoms with Gasteiger partial charge < -0.3 is 9.84 Å². The minimum Gasteiger partial charge on any atom is -0.480 e. The molecule has 1 N–H and O–H groups in total. The number of ether oxygens (including phenoxy) is 1. The van der Waals surface area contributed by atoms with E-state index in [4.69, 9.17) is 9.84 Å². The zero-order valence-corrected chi connectivity index (χ0v) is 11.5. The van der Waals surface area contributed by atoms with E-state index >= 15 is 0 Å². The summed E-state index contributed by atoms with van der Waals surface area (Å²) < 4.78 is 5.15. The maximum absolute atomic E-state index is 11.8. The number of carbonyl (C=O) groups is 2. The highest BCUT2D eigenvalue weighted by Gasteiger charge is 2.33. The van der Waals surface area contributed by atoms with Crippen molar-refractivity contribution in [1.82, 2.24) is 4.90 Å². The average molecular weight is 245 g/mol. The van der Waals surface area contributed by atoms with Crippen LogP contribution in [0, 0.1) is 5.92 Å². The lowest BCUT2D eigenvalue weighted by molar-refractivity contribution is -0.144. The van der Waals surface area contributed by atoms with Crippen LogP contribution in [0.5, 0.6) is 0 Å². The second-order valence-corrected chi connectivity index (χ2v) is 5.26. The largest absolute Gasteiger partial charge is 0.480 e. The Hall–Kier alpha value is -1.26. The number of carbonyl (C=O) groups excluding carboxylic acids is 1. The SMILES string of the molecule is CC[C@@H](C)[C@@H](C(=O)O)N(C)C(=O)OC(C)(C)C. The number of hydrogen-bond acceptors (Lipinski definition) is 3.